The van der Waals surface area contributed by atoms with Gasteiger partial charge in [0.05, 0.1) is 0 Å². The summed E-state index contributed by atoms with van der Waals surface area (Å²) < 4.78 is 0. The highest BCUT2D eigenvalue weighted by molar-refractivity contribution is 5.46. The van der Waals surface area contributed by atoms with Gasteiger partial charge in [-0.3, -0.25) is 4.90 Å². The van der Waals surface area contributed by atoms with Crippen molar-refractivity contribution in [2.24, 2.45) is 5.92 Å². The van der Waals surface area contributed by atoms with E-state index in [4.69, 9.17) is 5.26 Å². The molecule has 1 aromatic carbocycles. The van der Waals surface area contributed by atoms with Crippen molar-refractivity contribution in [3.05, 3.63) is 53.5 Å². The molecule has 1 saturated heterocycles. The normalized spacial score (nSPS) is 15.8. The Kier molecular flexibility index (Phi) is 5.39. The van der Waals surface area contributed by atoms with Gasteiger partial charge >= 0.3 is 0 Å². The lowest BCUT2D eigenvalue weighted by atomic mass is 9.96. The van der Waals surface area contributed by atoms with Crippen LogP contribution in [-0.2, 0) is 6.54 Å². The minimum atomic E-state index is 0.370. The fourth-order valence-electron chi connectivity index (χ4n) is 3.09. The zero-order valence-corrected chi connectivity index (χ0v) is 14.1. The van der Waals surface area contributed by atoms with E-state index in [2.05, 4.69) is 57.4 Å². The second-order valence-corrected chi connectivity index (χ2v) is 6.45. The van der Waals surface area contributed by atoms with Gasteiger partial charge in [-0.05, 0) is 44.3 Å². The third-order valence-corrected chi connectivity index (χ3v) is 4.60. The van der Waals surface area contributed by atoms with Crippen LogP contribution in [0.3, 0.4) is 0 Å². The van der Waals surface area contributed by atoms with Crippen molar-refractivity contribution >= 4 is 5.82 Å². The summed E-state index contributed by atoms with van der Waals surface area (Å²) in [5.74, 6) is 1.22. The van der Waals surface area contributed by atoms with Gasteiger partial charge in [-0.15, -0.1) is 0 Å². The Morgan fingerprint density at radius 1 is 1.17 bits per heavy atom. The number of anilines is 1. The third kappa shape index (κ3) is 4.30. The maximum atomic E-state index is 9.05. The Hall–Kier alpha value is -2.45. The van der Waals surface area contributed by atoms with Crippen LogP contribution in [0.1, 0.15) is 29.7 Å². The summed E-state index contributed by atoms with van der Waals surface area (Å²) in [6.45, 7) is 6.24. The molecule has 0 amide bonds. The molecule has 5 heteroatoms. The van der Waals surface area contributed by atoms with Crippen molar-refractivity contribution in [2.45, 2.75) is 26.3 Å². The number of hydrogen-bond donors (Lipinski definition) is 1. The first-order chi connectivity index (χ1) is 11.7. The fraction of sp³-hybridized carbons (Fsp3) is 0.421. The van der Waals surface area contributed by atoms with Crippen LogP contribution in [0.25, 0.3) is 0 Å². The Morgan fingerprint density at radius 3 is 2.58 bits per heavy atom. The van der Waals surface area contributed by atoms with Gasteiger partial charge in [-0.2, -0.15) is 5.26 Å². The summed E-state index contributed by atoms with van der Waals surface area (Å²) in [5, 5.41) is 12.3. The van der Waals surface area contributed by atoms with Gasteiger partial charge in [0.25, 0.3) is 0 Å². The van der Waals surface area contributed by atoms with Crippen LogP contribution in [0, 0.1) is 24.2 Å². The molecule has 0 atom stereocenters. The molecule has 1 N–H and O–H groups in total. The molecule has 124 valence electrons. The average molecular weight is 321 g/mol. The van der Waals surface area contributed by atoms with E-state index >= 15 is 0 Å². The van der Waals surface area contributed by atoms with E-state index in [1.807, 2.05) is 0 Å². The van der Waals surface area contributed by atoms with E-state index < -0.39 is 0 Å². The molecule has 0 spiro atoms. The molecular formula is C19H23N5. The summed E-state index contributed by atoms with van der Waals surface area (Å²) in [4.78, 5) is 10.8. The lowest BCUT2D eigenvalue weighted by Gasteiger charge is -2.32. The maximum absolute atomic E-state index is 9.05. The van der Waals surface area contributed by atoms with Crippen LogP contribution in [0.4, 0.5) is 5.82 Å². The summed E-state index contributed by atoms with van der Waals surface area (Å²) in [6, 6.07) is 10.9. The smallest absolute Gasteiger partial charge is 0.182 e. The van der Waals surface area contributed by atoms with Gasteiger partial charge in [-0.25, -0.2) is 9.97 Å². The summed E-state index contributed by atoms with van der Waals surface area (Å²) >= 11 is 0. The van der Waals surface area contributed by atoms with Gasteiger partial charge in [-0.1, -0.05) is 29.8 Å². The molecule has 0 bridgehead atoms. The molecule has 0 saturated carbocycles. The Labute approximate surface area is 143 Å². The second kappa shape index (κ2) is 7.89. The van der Waals surface area contributed by atoms with Crippen molar-refractivity contribution in [1.29, 1.82) is 5.26 Å². The first-order valence-electron chi connectivity index (χ1n) is 8.47. The fourth-order valence-corrected chi connectivity index (χ4v) is 3.09. The van der Waals surface area contributed by atoms with Crippen molar-refractivity contribution in [1.82, 2.24) is 14.9 Å². The molecule has 5 nitrogen and oxygen atoms in total. The summed E-state index contributed by atoms with van der Waals surface area (Å²) in [6.07, 6.45) is 5.50. The molecule has 24 heavy (non-hydrogen) atoms. The molecule has 1 aromatic heterocycles. The molecule has 0 unspecified atom stereocenters. The highest BCUT2D eigenvalue weighted by Crippen LogP contribution is 2.20. The number of nitrogens with zero attached hydrogens (tertiary/aromatic N) is 4. The molecule has 3 rings (SSSR count). The van der Waals surface area contributed by atoms with Crippen molar-refractivity contribution in [2.75, 3.05) is 25.0 Å². The molecule has 0 radical (unpaired) electrons. The number of benzene rings is 1. The molecule has 2 aromatic rings. The van der Waals surface area contributed by atoms with Gasteiger partial charge in [0, 0.05) is 25.5 Å². The number of piperidine rings is 1. The number of likely N-dealkylation sites (tertiary alicyclic amines) is 1. The number of aryl methyl sites for hydroxylation is 1. The highest BCUT2D eigenvalue weighted by Gasteiger charge is 2.19. The van der Waals surface area contributed by atoms with Gasteiger partial charge in [0.2, 0.25) is 0 Å². The molecule has 0 aliphatic carbocycles. The highest BCUT2D eigenvalue weighted by atomic mass is 15.1. The summed E-state index contributed by atoms with van der Waals surface area (Å²) in [5.41, 5.74) is 3.06. The van der Waals surface area contributed by atoms with Gasteiger partial charge in [0.15, 0.2) is 11.5 Å². The molecule has 1 aliphatic heterocycles. The largest absolute Gasteiger partial charge is 0.367 e. The van der Waals surface area contributed by atoms with Crippen LogP contribution >= 0.6 is 0 Å². The minimum absolute atomic E-state index is 0.370. The zero-order valence-electron chi connectivity index (χ0n) is 14.1. The van der Waals surface area contributed by atoms with Crippen molar-refractivity contribution in [3.8, 4) is 6.07 Å². The molecular weight excluding hydrogens is 298 g/mol. The standard InChI is InChI=1S/C19H23N5/c1-15-2-4-17(5-3-15)14-24-10-6-16(7-11-24)13-23-19-18(12-20)21-8-9-22-19/h2-5,8-9,16H,6-7,10-11,13-14H2,1H3,(H,22,23). The summed E-state index contributed by atoms with van der Waals surface area (Å²) in [7, 11) is 0. The quantitative estimate of drug-likeness (QED) is 0.917. The van der Waals surface area contributed by atoms with E-state index in [1.54, 1.807) is 12.4 Å². The molecule has 1 fully saturated rings. The van der Waals surface area contributed by atoms with Crippen molar-refractivity contribution < 1.29 is 0 Å². The van der Waals surface area contributed by atoms with E-state index in [0.29, 0.717) is 17.4 Å². The predicted octanol–water partition coefficient (Wildman–Crippen LogP) is 2.98. The van der Waals surface area contributed by atoms with Crippen LogP contribution in [0.15, 0.2) is 36.7 Å². The first kappa shape index (κ1) is 16.4. The van der Waals surface area contributed by atoms with Crippen molar-refractivity contribution in [3.63, 3.8) is 0 Å². The first-order valence-corrected chi connectivity index (χ1v) is 8.47. The van der Waals surface area contributed by atoms with Gasteiger partial charge in [0.1, 0.15) is 6.07 Å². The monoisotopic (exact) mass is 321 g/mol. The SMILES string of the molecule is Cc1ccc(CN2CCC(CNc3nccnc3C#N)CC2)cc1. The number of hydrogen-bond acceptors (Lipinski definition) is 5. The number of rotatable bonds is 5. The van der Waals surface area contributed by atoms with E-state index in [1.165, 1.54) is 24.0 Å². The Bertz CT molecular complexity index is 696. The molecule has 1 aliphatic rings. The number of nitrogens with one attached hydrogen (secondary N) is 1. The van der Waals surface area contributed by atoms with Crippen LogP contribution in [0.2, 0.25) is 0 Å². The van der Waals surface area contributed by atoms with E-state index in [-0.39, 0.29) is 0 Å². The van der Waals surface area contributed by atoms with E-state index in [0.717, 1.165) is 26.2 Å². The maximum Gasteiger partial charge on any atom is 0.182 e. The zero-order chi connectivity index (χ0) is 16.8. The lowest BCUT2D eigenvalue weighted by molar-refractivity contribution is 0.182. The predicted molar refractivity (Wildman–Crippen MR) is 94.4 cm³/mol. The van der Waals surface area contributed by atoms with Gasteiger partial charge < -0.3 is 5.32 Å². The Morgan fingerprint density at radius 2 is 1.88 bits per heavy atom. The average Bonchev–Trinajstić information content (AvgIpc) is 2.63. The van der Waals surface area contributed by atoms with Crippen LogP contribution in [-0.4, -0.2) is 34.5 Å². The third-order valence-electron chi connectivity index (χ3n) is 4.60. The minimum Gasteiger partial charge on any atom is -0.367 e. The second-order valence-electron chi connectivity index (χ2n) is 6.45. The van der Waals surface area contributed by atoms with Crippen LogP contribution in [0.5, 0.6) is 0 Å². The van der Waals surface area contributed by atoms with Crippen LogP contribution < -0.4 is 5.32 Å². The lowest BCUT2D eigenvalue weighted by Crippen LogP contribution is -2.35. The topological polar surface area (TPSA) is 64.8 Å². The van der Waals surface area contributed by atoms with E-state index in [9.17, 15) is 0 Å². The Balaban J connectivity index is 1.45. The number of aromatic nitrogens is 2. The number of nitriles is 1. The molecule has 2 heterocycles.